The molecule has 0 spiro atoms. The quantitative estimate of drug-likeness (QED) is 0.666. The largest absolute Gasteiger partial charge is 0.336 e. The molecule has 0 unspecified atom stereocenters. The molecule has 0 bridgehead atoms. The second-order valence-electron chi connectivity index (χ2n) is 7.34. The van der Waals surface area contributed by atoms with E-state index in [1.54, 1.807) is 6.07 Å². The van der Waals surface area contributed by atoms with Crippen LogP contribution in [0.4, 0.5) is 8.78 Å². The molecule has 7 nitrogen and oxygen atoms in total. The van der Waals surface area contributed by atoms with Crippen molar-refractivity contribution >= 4 is 25.8 Å². The zero-order valence-corrected chi connectivity index (χ0v) is 18.6. The van der Waals surface area contributed by atoms with Crippen LogP contribution in [-0.2, 0) is 19.9 Å². The molecule has 1 amide bonds. The topological polar surface area (TPSA) is 91.8 Å². The number of hydrogen-bond donors (Lipinski definition) is 0. The summed E-state index contributed by atoms with van der Waals surface area (Å²) in [7, 11) is -8.14. The molecule has 0 atom stereocenters. The van der Waals surface area contributed by atoms with Crippen LogP contribution in [0.5, 0.6) is 0 Å². The van der Waals surface area contributed by atoms with Gasteiger partial charge < -0.3 is 4.90 Å². The lowest BCUT2D eigenvalue weighted by molar-refractivity contribution is 0.0693. The molecule has 0 radical (unpaired) electrons. The first-order chi connectivity index (χ1) is 14.5. The van der Waals surface area contributed by atoms with E-state index in [0.29, 0.717) is 0 Å². The minimum absolute atomic E-state index is 0.00709. The van der Waals surface area contributed by atoms with Gasteiger partial charge in [-0.3, -0.25) is 4.79 Å². The highest BCUT2D eigenvalue weighted by Gasteiger charge is 2.35. The summed E-state index contributed by atoms with van der Waals surface area (Å²) in [5.74, 6) is -2.92. The molecule has 11 heteroatoms. The normalized spacial score (nSPS) is 16.0. The number of benzene rings is 2. The van der Waals surface area contributed by atoms with Gasteiger partial charge in [-0.05, 0) is 38.1 Å². The first kappa shape index (κ1) is 23.3. The summed E-state index contributed by atoms with van der Waals surface area (Å²) >= 11 is 0. The van der Waals surface area contributed by atoms with Crippen molar-refractivity contribution in [1.29, 1.82) is 0 Å². The molecule has 3 rings (SSSR count). The van der Waals surface area contributed by atoms with Gasteiger partial charge in [-0.15, -0.1) is 0 Å². The van der Waals surface area contributed by atoms with E-state index in [1.807, 2.05) is 0 Å². The predicted molar refractivity (Wildman–Crippen MR) is 110 cm³/mol. The summed E-state index contributed by atoms with van der Waals surface area (Å²) in [5, 5.41) is -0.723. The number of piperazine rings is 1. The highest BCUT2D eigenvalue weighted by Crippen LogP contribution is 2.25. The highest BCUT2D eigenvalue weighted by atomic mass is 32.2. The third-order valence-electron chi connectivity index (χ3n) is 5.09. The van der Waals surface area contributed by atoms with Crippen molar-refractivity contribution in [2.45, 2.75) is 28.9 Å². The van der Waals surface area contributed by atoms with Gasteiger partial charge in [0.2, 0.25) is 10.0 Å². The molecule has 1 heterocycles. The number of amides is 1. The summed E-state index contributed by atoms with van der Waals surface area (Å²) in [6.45, 7) is 2.57. The van der Waals surface area contributed by atoms with Gasteiger partial charge in [0, 0.05) is 26.2 Å². The van der Waals surface area contributed by atoms with Crippen molar-refractivity contribution in [3.05, 3.63) is 59.7 Å². The molecule has 0 saturated carbocycles. The van der Waals surface area contributed by atoms with Crippen LogP contribution < -0.4 is 0 Å². The van der Waals surface area contributed by atoms with Gasteiger partial charge in [0.15, 0.2) is 14.7 Å². The zero-order chi connectivity index (χ0) is 23.0. The molecule has 1 saturated heterocycles. The van der Waals surface area contributed by atoms with E-state index in [2.05, 4.69) is 0 Å². The summed E-state index contributed by atoms with van der Waals surface area (Å²) in [5.41, 5.74) is 0.00709. The fraction of sp³-hybridized carbons (Fsp3) is 0.350. The second kappa shape index (κ2) is 8.64. The standard InChI is InChI=1S/C20H22F2N2O5S2/c1-14(2)30(26,27)18-9-4-3-6-15(18)20(25)23-10-12-24(13-11-23)31(28,29)19-16(21)7-5-8-17(19)22/h3-9,14H,10-13H2,1-2H3. The Balaban J connectivity index is 1.82. The van der Waals surface area contributed by atoms with Crippen LogP contribution in [-0.4, -0.2) is 63.4 Å². The van der Waals surface area contributed by atoms with Crippen molar-refractivity contribution in [1.82, 2.24) is 9.21 Å². The zero-order valence-electron chi connectivity index (χ0n) is 17.0. The van der Waals surface area contributed by atoms with E-state index >= 15 is 0 Å². The molecule has 31 heavy (non-hydrogen) atoms. The van der Waals surface area contributed by atoms with Crippen LogP contribution in [0.3, 0.4) is 0 Å². The molecule has 0 N–H and O–H groups in total. The van der Waals surface area contributed by atoms with E-state index in [4.69, 9.17) is 0 Å². The maximum atomic E-state index is 14.0. The molecule has 168 valence electrons. The molecule has 2 aromatic rings. The van der Waals surface area contributed by atoms with Crippen LogP contribution in [0.1, 0.15) is 24.2 Å². The first-order valence-electron chi connectivity index (χ1n) is 9.54. The van der Waals surface area contributed by atoms with Gasteiger partial charge in [-0.25, -0.2) is 25.6 Å². The fourth-order valence-corrected chi connectivity index (χ4v) is 6.07. The summed E-state index contributed by atoms with van der Waals surface area (Å²) in [4.78, 5) is 13.2. The van der Waals surface area contributed by atoms with E-state index in [1.165, 1.54) is 36.9 Å². The summed E-state index contributed by atoms with van der Waals surface area (Å²) in [6.07, 6.45) is 0. The minimum Gasteiger partial charge on any atom is -0.336 e. The van der Waals surface area contributed by atoms with Crippen molar-refractivity contribution in [2.24, 2.45) is 0 Å². The van der Waals surface area contributed by atoms with E-state index in [0.717, 1.165) is 22.5 Å². The Morgan fingerprint density at radius 1 is 0.871 bits per heavy atom. The average Bonchev–Trinajstić information content (AvgIpc) is 2.73. The Morgan fingerprint density at radius 3 is 1.97 bits per heavy atom. The fourth-order valence-electron chi connectivity index (χ4n) is 3.31. The minimum atomic E-state index is -4.43. The van der Waals surface area contributed by atoms with Crippen molar-refractivity contribution in [3.8, 4) is 0 Å². The SMILES string of the molecule is CC(C)S(=O)(=O)c1ccccc1C(=O)N1CCN(S(=O)(=O)c2c(F)cccc2F)CC1. The van der Waals surface area contributed by atoms with E-state index in [9.17, 15) is 30.4 Å². The van der Waals surface area contributed by atoms with Gasteiger partial charge in [0.1, 0.15) is 11.6 Å². The maximum absolute atomic E-state index is 14.0. The van der Waals surface area contributed by atoms with E-state index in [-0.39, 0.29) is 36.6 Å². The Labute approximate surface area is 180 Å². The number of nitrogens with zero attached hydrogens (tertiary/aromatic N) is 2. The van der Waals surface area contributed by atoms with E-state index < -0.39 is 47.5 Å². The number of rotatable bonds is 5. The first-order valence-corrected chi connectivity index (χ1v) is 12.5. The number of carbonyl (C=O) groups is 1. The Hall–Kier alpha value is -2.37. The number of sulfone groups is 1. The lowest BCUT2D eigenvalue weighted by Gasteiger charge is -2.34. The molecule has 0 aromatic heterocycles. The smallest absolute Gasteiger partial charge is 0.255 e. The third kappa shape index (κ3) is 4.35. The van der Waals surface area contributed by atoms with Crippen molar-refractivity contribution < 1.29 is 30.4 Å². The van der Waals surface area contributed by atoms with Crippen LogP contribution >= 0.6 is 0 Å². The molecule has 1 fully saturated rings. The average molecular weight is 473 g/mol. The highest BCUT2D eigenvalue weighted by molar-refractivity contribution is 7.92. The number of hydrogen-bond acceptors (Lipinski definition) is 5. The van der Waals surface area contributed by atoms with Crippen molar-refractivity contribution in [2.75, 3.05) is 26.2 Å². The molecule has 2 aromatic carbocycles. The molecule has 0 aliphatic carbocycles. The summed E-state index contributed by atoms with van der Waals surface area (Å²) < 4.78 is 79.5. The Bertz CT molecular complexity index is 1190. The summed E-state index contributed by atoms with van der Waals surface area (Å²) in [6, 6.07) is 8.65. The van der Waals surface area contributed by atoms with Gasteiger partial charge >= 0.3 is 0 Å². The van der Waals surface area contributed by atoms with Gasteiger partial charge in [-0.1, -0.05) is 18.2 Å². The van der Waals surface area contributed by atoms with Crippen LogP contribution in [0.15, 0.2) is 52.3 Å². The molecular weight excluding hydrogens is 450 g/mol. The van der Waals surface area contributed by atoms with Crippen molar-refractivity contribution in [3.63, 3.8) is 0 Å². The number of sulfonamides is 1. The monoisotopic (exact) mass is 472 g/mol. The van der Waals surface area contributed by atoms with Gasteiger partial charge in [-0.2, -0.15) is 4.31 Å². The van der Waals surface area contributed by atoms with Gasteiger partial charge in [0.05, 0.1) is 15.7 Å². The lowest BCUT2D eigenvalue weighted by atomic mass is 10.2. The third-order valence-corrected chi connectivity index (χ3v) is 9.25. The van der Waals surface area contributed by atoms with Crippen LogP contribution in [0.25, 0.3) is 0 Å². The Kier molecular flexibility index (Phi) is 6.49. The maximum Gasteiger partial charge on any atom is 0.255 e. The molecule has 1 aliphatic rings. The van der Waals surface area contributed by atoms with Crippen LogP contribution in [0.2, 0.25) is 0 Å². The van der Waals surface area contributed by atoms with Crippen LogP contribution in [0, 0.1) is 11.6 Å². The molecule has 1 aliphatic heterocycles. The number of halogens is 2. The Morgan fingerprint density at radius 2 is 1.42 bits per heavy atom. The second-order valence-corrected chi connectivity index (χ2v) is 11.7. The molecular formula is C20H22F2N2O5S2. The number of carbonyl (C=O) groups excluding carboxylic acids is 1. The van der Waals surface area contributed by atoms with Gasteiger partial charge in [0.25, 0.3) is 5.91 Å². The lowest BCUT2D eigenvalue weighted by Crippen LogP contribution is -2.50. The predicted octanol–water partition coefficient (Wildman–Crippen LogP) is 2.29.